The van der Waals surface area contributed by atoms with Gasteiger partial charge < -0.3 is 9.72 Å². The molecule has 0 unspecified atom stereocenters. The Morgan fingerprint density at radius 2 is 2.00 bits per heavy atom. The molecule has 0 saturated carbocycles. The Balaban J connectivity index is 2.15. The molecule has 3 nitrogen and oxygen atoms in total. The monoisotopic (exact) mass is 160 g/mol. The summed E-state index contributed by atoms with van der Waals surface area (Å²) in [7, 11) is 0. The van der Waals surface area contributed by atoms with Crippen molar-refractivity contribution in [3.63, 3.8) is 0 Å². The van der Waals surface area contributed by atoms with Crippen LogP contribution in [0.2, 0.25) is 0 Å². The number of pyridine rings is 1. The molecule has 0 aliphatic heterocycles. The average Bonchev–Trinajstić information content (AvgIpc) is 2.59. The van der Waals surface area contributed by atoms with Gasteiger partial charge in [0.15, 0.2) is 5.88 Å². The van der Waals surface area contributed by atoms with Gasteiger partial charge in [-0.25, -0.2) is 0 Å². The molecule has 0 aliphatic carbocycles. The molecule has 0 amide bonds. The van der Waals surface area contributed by atoms with E-state index in [0.717, 1.165) is 11.6 Å². The number of ether oxygens (including phenoxy) is 1. The first-order valence-corrected chi connectivity index (χ1v) is 3.66. The van der Waals surface area contributed by atoms with Crippen molar-refractivity contribution in [1.29, 1.82) is 0 Å². The van der Waals surface area contributed by atoms with Crippen molar-refractivity contribution >= 4 is 0 Å². The third kappa shape index (κ3) is 1.45. The molecule has 0 atom stereocenters. The number of aromatic amines is 1. The van der Waals surface area contributed by atoms with Crippen LogP contribution in [-0.2, 0) is 0 Å². The van der Waals surface area contributed by atoms with E-state index in [4.69, 9.17) is 4.74 Å². The molecule has 2 aromatic rings. The zero-order valence-electron chi connectivity index (χ0n) is 6.40. The second-order valence-electron chi connectivity index (χ2n) is 2.32. The Morgan fingerprint density at radius 3 is 2.67 bits per heavy atom. The molecule has 3 heteroatoms. The number of aromatic nitrogens is 2. The summed E-state index contributed by atoms with van der Waals surface area (Å²) in [6.07, 6.45) is 5.20. The van der Waals surface area contributed by atoms with E-state index in [9.17, 15) is 0 Å². The van der Waals surface area contributed by atoms with Crippen LogP contribution in [0.15, 0.2) is 42.9 Å². The third-order valence-corrected chi connectivity index (χ3v) is 1.45. The molecule has 2 aromatic heterocycles. The lowest BCUT2D eigenvalue weighted by atomic mass is 10.4. The second-order valence-corrected chi connectivity index (χ2v) is 2.32. The largest absolute Gasteiger partial charge is 0.441 e. The fraction of sp³-hybridized carbons (Fsp3) is 0. The van der Waals surface area contributed by atoms with Crippen LogP contribution in [0.4, 0.5) is 0 Å². The fourth-order valence-corrected chi connectivity index (χ4v) is 0.911. The first kappa shape index (κ1) is 6.91. The quantitative estimate of drug-likeness (QED) is 0.731. The van der Waals surface area contributed by atoms with Crippen molar-refractivity contribution in [3.05, 3.63) is 42.9 Å². The molecular weight excluding hydrogens is 152 g/mol. The molecule has 0 radical (unpaired) electrons. The molecule has 0 aliphatic rings. The Bertz CT molecular complexity index is 329. The Hall–Kier alpha value is -1.77. The van der Waals surface area contributed by atoms with Crippen molar-refractivity contribution in [3.8, 4) is 11.6 Å². The van der Waals surface area contributed by atoms with E-state index in [-0.39, 0.29) is 0 Å². The van der Waals surface area contributed by atoms with Crippen LogP contribution in [0.5, 0.6) is 11.6 Å². The lowest BCUT2D eigenvalue weighted by molar-refractivity contribution is 0.465. The standard InChI is InChI=1S/C9H8N2O/c1-2-9(11-5-1)12-8-3-6-10-7-4-8/h1-7,11H. The Kier molecular flexibility index (Phi) is 1.78. The van der Waals surface area contributed by atoms with E-state index >= 15 is 0 Å². The van der Waals surface area contributed by atoms with Crippen molar-refractivity contribution in [1.82, 2.24) is 9.97 Å². The van der Waals surface area contributed by atoms with Crippen LogP contribution in [0.3, 0.4) is 0 Å². The molecule has 2 rings (SSSR count). The number of hydrogen-bond acceptors (Lipinski definition) is 2. The summed E-state index contributed by atoms with van der Waals surface area (Å²) in [5.74, 6) is 1.52. The van der Waals surface area contributed by atoms with Gasteiger partial charge in [-0.15, -0.1) is 0 Å². The van der Waals surface area contributed by atoms with Crippen LogP contribution >= 0.6 is 0 Å². The molecule has 2 heterocycles. The normalized spacial score (nSPS) is 9.67. The maximum atomic E-state index is 5.42. The number of hydrogen-bond donors (Lipinski definition) is 1. The number of nitrogens with one attached hydrogen (secondary N) is 1. The Morgan fingerprint density at radius 1 is 1.17 bits per heavy atom. The lowest BCUT2D eigenvalue weighted by Crippen LogP contribution is -1.82. The van der Waals surface area contributed by atoms with Gasteiger partial charge in [-0.05, 0) is 18.2 Å². The van der Waals surface area contributed by atoms with Crippen molar-refractivity contribution in [2.75, 3.05) is 0 Å². The van der Waals surface area contributed by atoms with E-state index < -0.39 is 0 Å². The summed E-state index contributed by atoms with van der Waals surface area (Å²) in [4.78, 5) is 6.83. The van der Waals surface area contributed by atoms with Gasteiger partial charge in [0.2, 0.25) is 0 Å². The fourth-order valence-electron chi connectivity index (χ4n) is 0.911. The molecule has 0 fully saturated rings. The van der Waals surface area contributed by atoms with E-state index in [0.29, 0.717) is 0 Å². The summed E-state index contributed by atoms with van der Waals surface area (Å²) < 4.78 is 5.42. The zero-order valence-corrected chi connectivity index (χ0v) is 6.40. The highest BCUT2D eigenvalue weighted by molar-refractivity contribution is 5.23. The van der Waals surface area contributed by atoms with E-state index in [1.54, 1.807) is 24.5 Å². The summed E-state index contributed by atoms with van der Waals surface area (Å²) in [5, 5.41) is 0. The van der Waals surface area contributed by atoms with Crippen LogP contribution in [-0.4, -0.2) is 9.97 Å². The lowest BCUT2D eigenvalue weighted by Gasteiger charge is -2.00. The van der Waals surface area contributed by atoms with Gasteiger partial charge in [0.25, 0.3) is 0 Å². The summed E-state index contributed by atoms with van der Waals surface area (Å²) in [6.45, 7) is 0. The molecule has 0 aromatic carbocycles. The average molecular weight is 160 g/mol. The predicted molar refractivity (Wildman–Crippen MR) is 45.1 cm³/mol. The third-order valence-electron chi connectivity index (χ3n) is 1.45. The van der Waals surface area contributed by atoms with Gasteiger partial charge in [0.1, 0.15) is 5.75 Å². The number of H-pyrrole nitrogens is 1. The predicted octanol–water partition coefficient (Wildman–Crippen LogP) is 2.20. The number of nitrogens with zero attached hydrogens (tertiary/aromatic N) is 1. The summed E-state index contributed by atoms with van der Waals surface area (Å²) in [6, 6.07) is 7.36. The molecule has 1 N–H and O–H groups in total. The minimum atomic E-state index is 0.737. The zero-order chi connectivity index (χ0) is 8.23. The molecule has 0 saturated heterocycles. The molecular formula is C9H8N2O. The van der Waals surface area contributed by atoms with Gasteiger partial charge in [-0.2, -0.15) is 0 Å². The van der Waals surface area contributed by atoms with Gasteiger partial charge in [0, 0.05) is 24.7 Å². The maximum absolute atomic E-state index is 5.42. The van der Waals surface area contributed by atoms with Gasteiger partial charge >= 0.3 is 0 Å². The Labute approximate surface area is 70.0 Å². The first-order chi connectivity index (χ1) is 5.95. The minimum absolute atomic E-state index is 0.737. The molecule has 12 heavy (non-hydrogen) atoms. The van der Waals surface area contributed by atoms with Crippen LogP contribution < -0.4 is 4.74 Å². The van der Waals surface area contributed by atoms with E-state index in [1.165, 1.54) is 0 Å². The molecule has 0 bridgehead atoms. The van der Waals surface area contributed by atoms with Crippen LogP contribution in [0.1, 0.15) is 0 Å². The van der Waals surface area contributed by atoms with Crippen molar-refractivity contribution in [2.45, 2.75) is 0 Å². The summed E-state index contributed by atoms with van der Waals surface area (Å²) in [5.41, 5.74) is 0. The van der Waals surface area contributed by atoms with Gasteiger partial charge in [-0.1, -0.05) is 0 Å². The van der Waals surface area contributed by atoms with Crippen molar-refractivity contribution in [2.24, 2.45) is 0 Å². The second kappa shape index (κ2) is 3.09. The molecule has 60 valence electrons. The van der Waals surface area contributed by atoms with Crippen LogP contribution in [0, 0.1) is 0 Å². The minimum Gasteiger partial charge on any atom is -0.441 e. The van der Waals surface area contributed by atoms with Gasteiger partial charge in [-0.3, -0.25) is 4.98 Å². The van der Waals surface area contributed by atoms with Crippen LogP contribution in [0.25, 0.3) is 0 Å². The highest BCUT2D eigenvalue weighted by atomic mass is 16.5. The van der Waals surface area contributed by atoms with E-state index in [2.05, 4.69) is 9.97 Å². The van der Waals surface area contributed by atoms with E-state index in [1.807, 2.05) is 18.3 Å². The SMILES string of the molecule is c1c[nH]c(Oc2ccncc2)c1. The maximum Gasteiger partial charge on any atom is 0.197 e. The highest BCUT2D eigenvalue weighted by Crippen LogP contribution is 2.16. The smallest absolute Gasteiger partial charge is 0.197 e. The highest BCUT2D eigenvalue weighted by Gasteiger charge is 1.94. The van der Waals surface area contributed by atoms with Crippen molar-refractivity contribution < 1.29 is 4.74 Å². The number of rotatable bonds is 2. The van der Waals surface area contributed by atoms with Gasteiger partial charge in [0.05, 0.1) is 0 Å². The first-order valence-electron chi connectivity index (χ1n) is 3.66. The topological polar surface area (TPSA) is 37.9 Å². The molecule has 0 spiro atoms. The summed E-state index contributed by atoms with van der Waals surface area (Å²) >= 11 is 0.